The van der Waals surface area contributed by atoms with E-state index < -0.39 is 26.4 Å². The van der Waals surface area contributed by atoms with Crippen molar-refractivity contribution < 1.29 is 26.5 Å². The van der Waals surface area contributed by atoms with Crippen LogP contribution in [0, 0.1) is 11.6 Å². The molecule has 5 rings (SSSR count). The third kappa shape index (κ3) is 4.95. The van der Waals surface area contributed by atoms with Gasteiger partial charge in [-0.1, -0.05) is 19.0 Å². The Kier molecular flexibility index (Phi) is 6.48. The Morgan fingerprint density at radius 3 is 2.54 bits per heavy atom. The van der Waals surface area contributed by atoms with Crippen LogP contribution in [-0.4, -0.2) is 59.0 Å². The molecule has 0 amide bonds. The topological polar surface area (TPSA) is 124 Å². The van der Waals surface area contributed by atoms with Crippen LogP contribution in [0.3, 0.4) is 0 Å². The first-order valence-electron chi connectivity index (χ1n) is 11.7. The minimum Gasteiger partial charge on any atom is -0.474 e. The van der Waals surface area contributed by atoms with E-state index in [1.54, 1.807) is 6.07 Å². The number of pyridine rings is 1. The molecule has 1 aliphatic heterocycles. The molecule has 0 saturated carbocycles. The zero-order valence-corrected chi connectivity index (χ0v) is 21.2. The van der Waals surface area contributed by atoms with E-state index in [4.69, 9.17) is 9.26 Å². The SMILES string of the molecule is CC(C)c1noc(N2CCC(Oc3ncnc4c(-c5cc(F)c(S(C)(=O)=O)cc5F)nccc34)CC2)n1. The van der Waals surface area contributed by atoms with E-state index >= 15 is 0 Å². The van der Waals surface area contributed by atoms with Crippen molar-refractivity contribution in [1.82, 2.24) is 25.1 Å². The summed E-state index contributed by atoms with van der Waals surface area (Å²) in [4.78, 5) is 18.4. The molecular weight excluding hydrogens is 506 g/mol. The average molecular weight is 531 g/mol. The van der Waals surface area contributed by atoms with E-state index in [2.05, 4.69) is 25.1 Å². The highest BCUT2D eigenvalue weighted by molar-refractivity contribution is 7.90. The van der Waals surface area contributed by atoms with Gasteiger partial charge in [-0.2, -0.15) is 4.98 Å². The number of aromatic nitrogens is 5. The largest absolute Gasteiger partial charge is 0.474 e. The number of fused-ring (bicyclic) bond motifs is 1. The molecule has 194 valence electrons. The number of rotatable bonds is 6. The van der Waals surface area contributed by atoms with Gasteiger partial charge in [0.1, 0.15) is 34.5 Å². The van der Waals surface area contributed by atoms with Gasteiger partial charge in [-0.05, 0) is 18.2 Å². The Hall–Kier alpha value is -3.74. The molecule has 0 radical (unpaired) electrons. The fourth-order valence-corrected chi connectivity index (χ4v) is 4.89. The van der Waals surface area contributed by atoms with E-state index in [9.17, 15) is 17.2 Å². The summed E-state index contributed by atoms with van der Waals surface area (Å²) in [6.07, 6.45) is 4.70. The number of ether oxygens (including phenoxy) is 1. The van der Waals surface area contributed by atoms with Gasteiger partial charge in [0.25, 0.3) is 0 Å². The summed E-state index contributed by atoms with van der Waals surface area (Å²) in [5, 5.41) is 4.48. The second kappa shape index (κ2) is 9.61. The van der Waals surface area contributed by atoms with Crippen molar-refractivity contribution in [1.29, 1.82) is 0 Å². The molecule has 1 fully saturated rings. The summed E-state index contributed by atoms with van der Waals surface area (Å²) in [7, 11) is -3.94. The molecule has 0 atom stereocenters. The Morgan fingerprint density at radius 2 is 1.86 bits per heavy atom. The lowest BCUT2D eigenvalue weighted by Crippen LogP contribution is -2.38. The Balaban J connectivity index is 1.39. The molecule has 4 heterocycles. The molecule has 13 heteroatoms. The van der Waals surface area contributed by atoms with Crippen LogP contribution < -0.4 is 9.64 Å². The molecule has 1 aliphatic rings. The van der Waals surface area contributed by atoms with Crippen LogP contribution in [0.5, 0.6) is 5.88 Å². The highest BCUT2D eigenvalue weighted by atomic mass is 32.2. The second-order valence-electron chi connectivity index (χ2n) is 9.16. The van der Waals surface area contributed by atoms with Crippen molar-refractivity contribution in [2.45, 2.75) is 43.6 Å². The quantitative estimate of drug-likeness (QED) is 0.362. The molecule has 0 spiro atoms. The lowest BCUT2D eigenvalue weighted by atomic mass is 10.1. The van der Waals surface area contributed by atoms with E-state index in [0.717, 1.165) is 12.3 Å². The minimum atomic E-state index is -3.94. The molecular formula is C24H24F2N6O4S. The molecule has 1 aromatic carbocycles. The van der Waals surface area contributed by atoms with Crippen molar-refractivity contribution in [3.63, 3.8) is 0 Å². The number of hydrogen-bond donors (Lipinski definition) is 0. The smallest absolute Gasteiger partial charge is 0.324 e. The van der Waals surface area contributed by atoms with Crippen LogP contribution >= 0.6 is 0 Å². The first-order chi connectivity index (χ1) is 17.6. The molecule has 3 aromatic heterocycles. The Labute approximate surface area is 211 Å². The number of benzene rings is 1. The highest BCUT2D eigenvalue weighted by Crippen LogP contribution is 2.33. The fourth-order valence-electron chi connectivity index (χ4n) is 4.16. The normalized spacial score (nSPS) is 15.0. The van der Waals surface area contributed by atoms with Crippen molar-refractivity contribution >= 4 is 26.8 Å². The van der Waals surface area contributed by atoms with Gasteiger partial charge in [-0.25, -0.2) is 27.2 Å². The number of piperidine rings is 1. The molecule has 10 nitrogen and oxygen atoms in total. The van der Waals surface area contributed by atoms with E-state index in [-0.39, 0.29) is 28.8 Å². The van der Waals surface area contributed by atoms with Gasteiger partial charge < -0.3 is 14.2 Å². The summed E-state index contributed by atoms with van der Waals surface area (Å²) < 4.78 is 64.5. The summed E-state index contributed by atoms with van der Waals surface area (Å²) in [6, 6.07) is 3.59. The van der Waals surface area contributed by atoms with Gasteiger partial charge >= 0.3 is 6.01 Å². The predicted molar refractivity (Wildman–Crippen MR) is 130 cm³/mol. The monoisotopic (exact) mass is 530 g/mol. The van der Waals surface area contributed by atoms with Crippen molar-refractivity contribution in [3.8, 4) is 17.1 Å². The number of hydrogen-bond acceptors (Lipinski definition) is 10. The molecule has 1 saturated heterocycles. The van der Waals surface area contributed by atoms with Gasteiger partial charge in [0.2, 0.25) is 5.88 Å². The minimum absolute atomic E-state index is 0.0494. The van der Waals surface area contributed by atoms with Crippen LogP contribution in [-0.2, 0) is 9.84 Å². The third-order valence-electron chi connectivity index (χ3n) is 6.13. The van der Waals surface area contributed by atoms with Crippen LogP contribution in [0.2, 0.25) is 0 Å². The molecule has 0 N–H and O–H groups in total. The lowest BCUT2D eigenvalue weighted by molar-refractivity contribution is 0.164. The summed E-state index contributed by atoms with van der Waals surface area (Å²) >= 11 is 0. The first-order valence-corrected chi connectivity index (χ1v) is 13.6. The zero-order valence-electron chi connectivity index (χ0n) is 20.4. The van der Waals surface area contributed by atoms with E-state index in [1.165, 1.54) is 12.5 Å². The maximum absolute atomic E-state index is 14.9. The summed E-state index contributed by atoms with van der Waals surface area (Å²) in [6.45, 7) is 5.29. The fraction of sp³-hybridized carbons (Fsp3) is 0.375. The van der Waals surface area contributed by atoms with Gasteiger partial charge in [-0.15, -0.1) is 0 Å². The van der Waals surface area contributed by atoms with Crippen LogP contribution in [0.25, 0.3) is 22.2 Å². The molecule has 0 bridgehead atoms. The molecule has 37 heavy (non-hydrogen) atoms. The summed E-state index contributed by atoms with van der Waals surface area (Å²) in [5.41, 5.74) is 0.0876. The van der Waals surface area contributed by atoms with E-state index in [0.29, 0.717) is 55.1 Å². The summed E-state index contributed by atoms with van der Waals surface area (Å²) in [5.74, 6) is -0.881. The van der Waals surface area contributed by atoms with Crippen LogP contribution in [0.15, 0.2) is 40.1 Å². The van der Waals surface area contributed by atoms with Crippen LogP contribution in [0.4, 0.5) is 14.8 Å². The van der Waals surface area contributed by atoms with Crippen molar-refractivity contribution in [2.24, 2.45) is 0 Å². The maximum Gasteiger partial charge on any atom is 0.324 e. The lowest BCUT2D eigenvalue weighted by Gasteiger charge is -2.30. The van der Waals surface area contributed by atoms with Crippen molar-refractivity contribution in [3.05, 3.63) is 48.2 Å². The maximum atomic E-state index is 14.9. The predicted octanol–water partition coefficient (Wildman–Crippen LogP) is 3.93. The highest BCUT2D eigenvalue weighted by Gasteiger charge is 2.26. The Bertz CT molecular complexity index is 1570. The zero-order chi connectivity index (χ0) is 26.3. The van der Waals surface area contributed by atoms with Gasteiger partial charge in [0, 0.05) is 49.9 Å². The van der Waals surface area contributed by atoms with Gasteiger partial charge in [0.05, 0.1) is 11.1 Å². The standard InChI is InChI=1S/C24H24F2N6O4S/c1-13(2)22-30-24(36-31-22)32-8-5-14(6-9-32)35-23-15-4-7-27-21(20(15)28-12-29-23)16-10-18(26)19(11-17(16)25)37(3,33)34/h4,7,10-14H,5-6,8-9H2,1-3H3. The van der Waals surface area contributed by atoms with E-state index in [1.807, 2.05) is 18.7 Å². The average Bonchev–Trinajstić information content (AvgIpc) is 3.36. The second-order valence-corrected chi connectivity index (χ2v) is 11.1. The first kappa shape index (κ1) is 24.9. The number of nitrogens with zero attached hydrogens (tertiary/aromatic N) is 6. The Morgan fingerprint density at radius 1 is 1.11 bits per heavy atom. The third-order valence-corrected chi connectivity index (χ3v) is 7.24. The molecule has 0 aliphatic carbocycles. The number of halogens is 2. The molecule has 0 unspecified atom stereocenters. The van der Waals surface area contributed by atoms with Gasteiger partial charge in [0.15, 0.2) is 15.7 Å². The number of anilines is 1. The van der Waals surface area contributed by atoms with Crippen LogP contribution in [0.1, 0.15) is 38.4 Å². The molecule has 4 aromatic rings. The number of sulfone groups is 1. The van der Waals surface area contributed by atoms with Gasteiger partial charge in [-0.3, -0.25) is 4.98 Å². The van der Waals surface area contributed by atoms with Crippen molar-refractivity contribution in [2.75, 3.05) is 24.2 Å².